The first kappa shape index (κ1) is 9.25. The number of halogens is 2. The van der Waals surface area contributed by atoms with E-state index < -0.39 is 0 Å². The minimum absolute atomic E-state index is 0.811. The zero-order chi connectivity index (χ0) is 9.26. The Labute approximate surface area is 94.3 Å². The van der Waals surface area contributed by atoms with Crippen molar-refractivity contribution in [2.75, 3.05) is 0 Å². The summed E-state index contributed by atoms with van der Waals surface area (Å²) >= 11 is 10.9. The van der Waals surface area contributed by atoms with Gasteiger partial charge in [-0.15, -0.1) is 11.3 Å². The molecule has 0 aliphatic rings. The SMILES string of the molecule is Clc1ccc(-c2ccc[c]c2Br)s1. The highest BCUT2D eigenvalue weighted by molar-refractivity contribution is 9.10. The van der Waals surface area contributed by atoms with Crippen LogP contribution in [0.15, 0.2) is 34.8 Å². The predicted molar refractivity (Wildman–Crippen MR) is 61.3 cm³/mol. The fourth-order valence-electron chi connectivity index (χ4n) is 1.07. The molecule has 1 heterocycles. The molecule has 0 saturated heterocycles. The van der Waals surface area contributed by atoms with Crippen molar-refractivity contribution in [2.24, 2.45) is 0 Å². The van der Waals surface area contributed by atoms with E-state index in [9.17, 15) is 0 Å². The molecule has 2 rings (SSSR count). The molecule has 13 heavy (non-hydrogen) atoms. The Balaban J connectivity index is 2.52. The van der Waals surface area contributed by atoms with E-state index >= 15 is 0 Å². The van der Waals surface area contributed by atoms with Crippen molar-refractivity contribution in [3.05, 3.63) is 45.2 Å². The van der Waals surface area contributed by atoms with Crippen molar-refractivity contribution < 1.29 is 0 Å². The Morgan fingerprint density at radius 1 is 1.31 bits per heavy atom. The molecule has 0 aliphatic heterocycles. The maximum absolute atomic E-state index is 5.86. The van der Waals surface area contributed by atoms with Gasteiger partial charge in [0, 0.05) is 14.9 Å². The van der Waals surface area contributed by atoms with Crippen LogP contribution < -0.4 is 0 Å². The summed E-state index contributed by atoms with van der Waals surface area (Å²) in [4.78, 5) is 1.16. The van der Waals surface area contributed by atoms with Gasteiger partial charge in [-0.05, 0) is 34.1 Å². The Morgan fingerprint density at radius 2 is 2.15 bits per heavy atom. The summed E-state index contributed by atoms with van der Waals surface area (Å²) in [5.41, 5.74) is 1.14. The molecule has 1 aromatic carbocycles. The van der Waals surface area contributed by atoms with E-state index in [-0.39, 0.29) is 0 Å². The molecule has 0 nitrogen and oxygen atoms in total. The first-order chi connectivity index (χ1) is 6.27. The van der Waals surface area contributed by atoms with Crippen molar-refractivity contribution in [1.82, 2.24) is 0 Å². The van der Waals surface area contributed by atoms with Gasteiger partial charge in [-0.25, -0.2) is 0 Å². The third-order valence-electron chi connectivity index (χ3n) is 1.64. The van der Waals surface area contributed by atoms with Gasteiger partial charge in [-0.2, -0.15) is 0 Å². The second-order valence-corrected chi connectivity index (χ2v) is 5.01. The number of thiophene rings is 1. The summed E-state index contributed by atoms with van der Waals surface area (Å²) in [5, 5.41) is 0. The lowest BCUT2D eigenvalue weighted by Gasteiger charge is -1.98. The minimum Gasteiger partial charge on any atom is -0.123 e. The maximum Gasteiger partial charge on any atom is 0.0934 e. The number of rotatable bonds is 1. The molecule has 3 heteroatoms. The molecule has 1 radical (unpaired) electrons. The second kappa shape index (κ2) is 3.82. The molecule has 0 amide bonds. The third kappa shape index (κ3) is 1.96. The van der Waals surface area contributed by atoms with E-state index in [0.717, 1.165) is 19.2 Å². The van der Waals surface area contributed by atoms with Gasteiger partial charge in [0.15, 0.2) is 0 Å². The molecule has 0 aliphatic carbocycles. The van der Waals surface area contributed by atoms with Crippen LogP contribution in [0.5, 0.6) is 0 Å². The van der Waals surface area contributed by atoms with Crippen LogP contribution in [0.1, 0.15) is 0 Å². The lowest BCUT2D eigenvalue weighted by molar-refractivity contribution is 1.63. The van der Waals surface area contributed by atoms with Crippen LogP contribution in [0.25, 0.3) is 10.4 Å². The van der Waals surface area contributed by atoms with Gasteiger partial charge in [0.2, 0.25) is 0 Å². The van der Waals surface area contributed by atoms with Gasteiger partial charge in [0.1, 0.15) is 0 Å². The zero-order valence-electron chi connectivity index (χ0n) is 6.55. The number of hydrogen-bond donors (Lipinski definition) is 0. The van der Waals surface area contributed by atoms with Crippen LogP contribution in [-0.4, -0.2) is 0 Å². The number of hydrogen-bond acceptors (Lipinski definition) is 1. The van der Waals surface area contributed by atoms with Crippen molar-refractivity contribution >= 4 is 38.9 Å². The fourth-order valence-corrected chi connectivity index (χ4v) is 2.75. The topological polar surface area (TPSA) is 0 Å². The summed E-state index contributed by atoms with van der Waals surface area (Å²) in [6.45, 7) is 0. The largest absolute Gasteiger partial charge is 0.123 e. The summed E-state index contributed by atoms with van der Waals surface area (Å²) in [7, 11) is 0. The first-order valence-electron chi connectivity index (χ1n) is 3.69. The smallest absolute Gasteiger partial charge is 0.0934 e. The third-order valence-corrected chi connectivity index (χ3v) is 3.56. The Morgan fingerprint density at radius 3 is 2.77 bits per heavy atom. The van der Waals surface area contributed by atoms with Gasteiger partial charge in [-0.3, -0.25) is 0 Å². The molecule has 0 spiro atoms. The van der Waals surface area contributed by atoms with E-state index in [2.05, 4.69) is 22.0 Å². The minimum atomic E-state index is 0.811. The van der Waals surface area contributed by atoms with Gasteiger partial charge in [0.05, 0.1) is 4.34 Å². The highest BCUT2D eigenvalue weighted by Crippen LogP contribution is 2.34. The quantitative estimate of drug-likeness (QED) is 0.710. The van der Waals surface area contributed by atoms with E-state index in [4.69, 9.17) is 11.6 Å². The average Bonchev–Trinajstić information content (AvgIpc) is 2.53. The van der Waals surface area contributed by atoms with Crippen LogP contribution >= 0.6 is 38.9 Å². The Kier molecular flexibility index (Phi) is 2.72. The molecular weight excluding hydrogens is 268 g/mol. The molecule has 0 atom stereocenters. The van der Waals surface area contributed by atoms with E-state index in [1.807, 2.05) is 30.3 Å². The second-order valence-electron chi connectivity index (χ2n) is 2.50. The maximum atomic E-state index is 5.86. The highest BCUT2D eigenvalue weighted by atomic mass is 79.9. The molecule has 0 bridgehead atoms. The first-order valence-corrected chi connectivity index (χ1v) is 5.68. The predicted octanol–water partition coefficient (Wildman–Crippen LogP) is 4.63. The summed E-state index contributed by atoms with van der Waals surface area (Å²) in [6, 6.07) is 12.9. The molecule has 0 unspecified atom stereocenters. The monoisotopic (exact) mass is 271 g/mol. The van der Waals surface area contributed by atoms with E-state index in [1.165, 1.54) is 0 Å². The van der Waals surface area contributed by atoms with Crippen molar-refractivity contribution in [1.29, 1.82) is 0 Å². The summed E-state index contributed by atoms with van der Waals surface area (Å²) < 4.78 is 1.79. The van der Waals surface area contributed by atoms with E-state index in [1.54, 1.807) is 11.3 Å². The van der Waals surface area contributed by atoms with Crippen molar-refractivity contribution in [3.63, 3.8) is 0 Å². The van der Waals surface area contributed by atoms with Crippen LogP contribution in [0, 0.1) is 6.07 Å². The van der Waals surface area contributed by atoms with Crippen LogP contribution in [0.2, 0.25) is 4.34 Å². The Hall–Kier alpha value is -0.310. The van der Waals surface area contributed by atoms with Crippen molar-refractivity contribution in [3.8, 4) is 10.4 Å². The van der Waals surface area contributed by atoms with Crippen molar-refractivity contribution in [2.45, 2.75) is 0 Å². The summed E-state index contributed by atoms with van der Waals surface area (Å²) in [5.74, 6) is 0. The molecule has 65 valence electrons. The standard InChI is InChI=1S/C10H5BrClS/c11-8-4-2-1-3-7(8)9-5-6-10(12)13-9/h1-3,5-6H. The normalized spacial score (nSPS) is 10.3. The van der Waals surface area contributed by atoms with Crippen LogP contribution in [0.3, 0.4) is 0 Å². The van der Waals surface area contributed by atoms with Gasteiger partial charge >= 0.3 is 0 Å². The van der Waals surface area contributed by atoms with Crippen LogP contribution in [-0.2, 0) is 0 Å². The average molecular weight is 273 g/mol. The highest BCUT2D eigenvalue weighted by Gasteiger charge is 2.04. The summed E-state index contributed by atoms with van der Waals surface area (Å²) in [6.07, 6.45) is 0. The lowest BCUT2D eigenvalue weighted by atomic mass is 10.2. The lowest BCUT2D eigenvalue weighted by Crippen LogP contribution is -1.73. The van der Waals surface area contributed by atoms with E-state index in [0.29, 0.717) is 0 Å². The molecule has 2 aromatic rings. The van der Waals surface area contributed by atoms with Crippen LogP contribution in [0.4, 0.5) is 0 Å². The molecule has 0 N–H and O–H groups in total. The molecular formula is C10H5BrClS. The van der Waals surface area contributed by atoms with Gasteiger partial charge in [0.25, 0.3) is 0 Å². The van der Waals surface area contributed by atoms with Gasteiger partial charge in [-0.1, -0.05) is 29.8 Å². The zero-order valence-corrected chi connectivity index (χ0v) is 9.71. The number of benzene rings is 1. The fraction of sp³-hybridized carbons (Fsp3) is 0. The Bertz CT molecular complexity index is 422. The van der Waals surface area contributed by atoms with Gasteiger partial charge < -0.3 is 0 Å². The molecule has 0 fully saturated rings. The molecule has 1 aromatic heterocycles. The molecule has 0 saturated carbocycles.